The normalized spacial score (nSPS) is 18.7. The molecule has 0 aromatic heterocycles. The van der Waals surface area contributed by atoms with Gasteiger partial charge in [-0.1, -0.05) is 27.5 Å². The molecule has 0 radical (unpaired) electrons. The van der Waals surface area contributed by atoms with Crippen LogP contribution in [0.25, 0.3) is 0 Å². The molecule has 3 nitrogen and oxygen atoms in total. The van der Waals surface area contributed by atoms with Crippen molar-refractivity contribution in [1.82, 2.24) is 4.90 Å². The van der Waals surface area contributed by atoms with E-state index in [0.717, 1.165) is 17.3 Å². The van der Waals surface area contributed by atoms with E-state index in [4.69, 9.17) is 11.6 Å². The Labute approximate surface area is 126 Å². The lowest BCUT2D eigenvalue weighted by molar-refractivity contribution is -0.117. The molecule has 1 unspecified atom stereocenters. The summed E-state index contributed by atoms with van der Waals surface area (Å²) in [5.41, 5.74) is 0.492. The molecule has 102 valence electrons. The van der Waals surface area contributed by atoms with E-state index in [1.54, 1.807) is 30.0 Å². The number of ketones is 1. The number of hydrogen-bond acceptors (Lipinski definition) is 2. The number of halogens is 2. The highest BCUT2D eigenvalue weighted by Crippen LogP contribution is 2.27. The molecule has 1 amide bonds. The Morgan fingerprint density at radius 1 is 1.47 bits per heavy atom. The summed E-state index contributed by atoms with van der Waals surface area (Å²) in [6.07, 6.45) is 2.25. The van der Waals surface area contributed by atoms with E-state index in [9.17, 15) is 9.59 Å². The molecule has 5 heteroatoms. The van der Waals surface area contributed by atoms with Crippen LogP contribution in [0.15, 0.2) is 22.7 Å². The second-order valence-electron chi connectivity index (χ2n) is 4.82. The SMILES string of the molecule is CC(=O)CC1CCCN1C(=O)c1cc(Br)ccc1Cl. The van der Waals surface area contributed by atoms with Crippen LogP contribution >= 0.6 is 27.5 Å². The van der Waals surface area contributed by atoms with E-state index in [2.05, 4.69) is 15.9 Å². The number of nitrogens with zero attached hydrogens (tertiary/aromatic N) is 1. The number of rotatable bonds is 3. The molecule has 0 saturated carbocycles. The summed E-state index contributed by atoms with van der Waals surface area (Å²) < 4.78 is 0.822. The van der Waals surface area contributed by atoms with Crippen molar-refractivity contribution in [3.63, 3.8) is 0 Å². The number of amides is 1. The lowest BCUT2D eigenvalue weighted by Gasteiger charge is -2.24. The van der Waals surface area contributed by atoms with Gasteiger partial charge in [0.05, 0.1) is 10.6 Å². The van der Waals surface area contributed by atoms with Crippen molar-refractivity contribution in [2.75, 3.05) is 6.54 Å². The summed E-state index contributed by atoms with van der Waals surface area (Å²) in [4.78, 5) is 25.5. The van der Waals surface area contributed by atoms with Gasteiger partial charge in [-0.15, -0.1) is 0 Å². The molecule has 1 aromatic rings. The summed E-state index contributed by atoms with van der Waals surface area (Å²) >= 11 is 9.43. The van der Waals surface area contributed by atoms with Crippen LogP contribution in [-0.4, -0.2) is 29.2 Å². The van der Waals surface area contributed by atoms with E-state index in [1.807, 2.05) is 0 Å². The molecule has 1 saturated heterocycles. The fourth-order valence-corrected chi connectivity index (χ4v) is 3.02. The summed E-state index contributed by atoms with van der Waals surface area (Å²) in [5, 5.41) is 0.446. The third kappa shape index (κ3) is 3.37. The highest BCUT2D eigenvalue weighted by Gasteiger charge is 2.31. The van der Waals surface area contributed by atoms with Gasteiger partial charge in [0, 0.05) is 23.5 Å². The lowest BCUT2D eigenvalue weighted by atomic mass is 10.1. The van der Waals surface area contributed by atoms with Gasteiger partial charge in [-0.2, -0.15) is 0 Å². The Bertz CT molecular complexity index is 518. The molecular weight excluding hydrogens is 330 g/mol. The van der Waals surface area contributed by atoms with Crippen molar-refractivity contribution in [2.24, 2.45) is 0 Å². The largest absolute Gasteiger partial charge is 0.335 e. The molecule has 19 heavy (non-hydrogen) atoms. The minimum atomic E-state index is -0.0879. The summed E-state index contributed by atoms with van der Waals surface area (Å²) in [6, 6.07) is 5.25. The number of Topliss-reactive ketones (excluding diaryl/α,β-unsaturated/α-hetero) is 1. The van der Waals surface area contributed by atoms with Crippen LogP contribution in [0.4, 0.5) is 0 Å². The van der Waals surface area contributed by atoms with Gasteiger partial charge < -0.3 is 4.90 Å². The Balaban J connectivity index is 2.23. The Kier molecular flexibility index (Phi) is 4.63. The molecule has 1 fully saturated rings. The minimum Gasteiger partial charge on any atom is -0.335 e. The number of likely N-dealkylation sites (tertiary alicyclic amines) is 1. The van der Waals surface area contributed by atoms with Crippen molar-refractivity contribution in [1.29, 1.82) is 0 Å². The predicted molar refractivity (Wildman–Crippen MR) is 78.5 cm³/mol. The second-order valence-corrected chi connectivity index (χ2v) is 6.15. The molecular formula is C14H15BrClNO2. The van der Waals surface area contributed by atoms with Gasteiger partial charge in [-0.3, -0.25) is 9.59 Å². The Morgan fingerprint density at radius 3 is 2.89 bits per heavy atom. The highest BCUT2D eigenvalue weighted by atomic mass is 79.9. The van der Waals surface area contributed by atoms with Gasteiger partial charge in [0.15, 0.2) is 0 Å². The Hall–Kier alpha value is -0.870. The van der Waals surface area contributed by atoms with Crippen LogP contribution in [0.3, 0.4) is 0 Å². The smallest absolute Gasteiger partial charge is 0.255 e. The van der Waals surface area contributed by atoms with Crippen LogP contribution in [0, 0.1) is 0 Å². The fraction of sp³-hybridized carbons (Fsp3) is 0.429. The maximum atomic E-state index is 12.5. The van der Waals surface area contributed by atoms with E-state index in [1.165, 1.54) is 0 Å². The first kappa shape index (κ1) is 14.5. The highest BCUT2D eigenvalue weighted by molar-refractivity contribution is 9.10. The molecule has 1 aliphatic heterocycles. The standard InChI is InChI=1S/C14H15BrClNO2/c1-9(18)7-11-3-2-6-17(11)14(19)12-8-10(15)4-5-13(12)16/h4-5,8,11H,2-3,6-7H2,1H3. The predicted octanol–water partition coefficient (Wildman–Crippen LogP) is 3.69. The summed E-state index contributed by atoms with van der Waals surface area (Å²) in [7, 11) is 0. The zero-order chi connectivity index (χ0) is 14.0. The van der Waals surface area contributed by atoms with Crippen LogP contribution < -0.4 is 0 Å². The number of hydrogen-bond donors (Lipinski definition) is 0. The Morgan fingerprint density at radius 2 is 2.21 bits per heavy atom. The first-order valence-corrected chi connectivity index (χ1v) is 7.41. The topological polar surface area (TPSA) is 37.4 Å². The molecule has 1 aliphatic rings. The molecule has 0 spiro atoms. The second kappa shape index (κ2) is 6.06. The lowest BCUT2D eigenvalue weighted by Crippen LogP contribution is -2.36. The molecule has 0 aliphatic carbocycles. The van der Waals surface area contributed by atoms with Crippen molar-refractivity contribution in [3.8, 4) is 0 Å². The minimum absolute atomic E-state index is 0.0139. The van der Waals surface area contributed by atoms with E-state index in [-0.39, 0.29) is 17.7 Å². The monoisotopic (exact) mass is 343 g/mol. The number of carbonyl (C=O) groups excluding carboxylic acids is 2. The molecule has 1 aromatic carbocycles. The molecule has 0 bridgehead atoms. The maximum absolute atomic E-state index is 12.5. The van der Waals surface area contributed by atoms with Crippen LogP contribution in [0.1, 0.15) is 36.5 Å². The number of benzene rings is 1. The van der Waals surface area contributed by atoms with Crippen LogP contribution in [-0.2, 0) is 4.79 Å². The van der Waals surface area contributed by atoms with Gasteiger partial charge in [0.1, 0.15) is 5.78 Å². The molecule has 1 atom stereocenters. The quantitative estimate of drug-likeness (QED) is 0.838. The molecule has 2 rings (SSSR count). The summed E-state index contributed by atoms with van der Waals surface area (Å²) in [5.74, 6) is 0.0279. The van der Waals surface area contributed by atoms with Gasteiger partial charge in [-0.05, 0) is 38.0 Å². The number of carbonyl (C=O) groups is 2. The summed E-state index contributed by atoms with van der Waals surface area (Å²) in [6.45, 7) is 2.26. The van der Waals surface area contributed by atoms with Gasteiger partial charge in [0.25, 0.3) is 5.91 Å². The first-order valence-electron chi connectivity index (χ1n) is 6.24. The van der Waals surface area contributed by atoms with Crippen LogP contribution in [0.2, 0.25) is 5.02 Å². The fourth-order valence-electron chi connectivity index (χ4n) is 2.46. The third-order valence-corrected chi connectivity index (χ3v) is 4.14. The van der Waals surface area contributed by atoms with E-state index >= 15 is 0 Å². The first-order chi connectivity index (χ1) is 8.99. The average molecular weight is 345 g/mol. The van der Waals surface area contributed by atoms with Gasteiger partial charge in [0.2, 0.25) is 0 Å². The van der Waals surface area contributed by atoms with Crippen molar-refractivity contribution in [2.45, 2.75) is 32.2 Å². The van der Waals surface area contributed by atoms with Crippen LogP contribution in [0.5, 0.6) is 0 Å². The van der Waals surface area contributed by atoms with E-state index < -0.39 is 0 Å². The maximum Gasteiger partial charge on any atom is 0.255 e. The zero-order valence-electron chi connectivity index (χ0n) is 10.7. The third-order valence-electron chi connectivity index (χ3n) is 3.32. The average Bonchev–Trinajstić information content (AvgIpc) is 2.78. The molecule has 0 N–H and O–H groups in total. The van der Waals surface area contributed by atoms with Gasteiger partial charge in [-0.25, -0.2) is 0 Å². The van der Waals surface area contributed by atoms with Crippen molar-refractivity contribution in [3.05, 3.63) is 33.3 Å². The van der Waals surface area contributed by atoms with Crippen molar-refractivity contribution >= 4 is 39.2 Å². The van der Waals surface area contributed by atoms with E-state index in [0.29, 0.717) is 23.6 Å². The zero-order valence-corrected chi connectivity index (χ0v) is 13.0. The molecule has 1 heterocycles. The van der Waals surface area contributed by atoms with Gasteiger partial charge >= 0.3 is 0 Å². The van der Waals surface area contributed by atoms with Crippen molar-refractivity contribution < 1.29 is 9.59 Å².